The van der Waals surface area contributed by atoms with E-state index in [1.165, 1.54) is 0 Å². The molecule has 0 aromatic heterocycles. The minimum Gasteiger partial charge on any atom is -0.480 e. The molecular weight excluding hydrogens is 349 g/mol. The van der Waals surface area contributed by atoms with E-state index in [9.17, 15) is 48.5 Å². The van der Waals surface area contributed by atoms with Crippen molar-refractivity contribution in [1.82, 2.24) is 4.31 Å². The van der Waals surface area contributed by atoms with Crippen LogP contribution in [0.1, 0.15) is 0 Å². The predicted octanol–water partition coefficient (Wildman–Crippen LogP) is 2.09. The summed E-state index contributed by atoms with van der Waals surface area (Å²) in [6.07, 6.45) is -7.03. The first-order valence-electron chi connectivity index (χ1n) is 4.55. The molecule has 0 fully saturated rings. The third kappa shape index (κ3) is 3.41. The number of rotatable bonds is 6. The van der Waals surface area contributed by atoms with Gasteiger partial charge in [0.25, 0.3) is 0 Å². The third-order valence-electron chi connectivity index (χ3n) is 1.98. The van der Waals surface area contributed by atoms with Crippen molar-refractivity contribution in [2.75, 3.05) is 13.6 Å². The van der Waals surface area contributed by atoms with Gasteiger partial charge >= 0.3 is 29.2 Å². The van der Waals surface area contributed by atoms with Crippen molar-refractivity contribution in [3.63, 3.8) is 0 Å². The molecule has 14 heteroatoms. The number of likely N-dealkylation sites (N-methyl/N-ethyl adjacent to an activating group) is 1. The maximum atomic E-state index is 13.1. The molecule has 0 aliphatic heterocycles. The molecule has 4 nitrogen and oxygen atoms in total. The summed E-state index contributed by atoms with van der Waals surface area (Å²) in [6, 6.07) is 0. The molecule has 1 N–H and O–H groups in total. The van der Waals surface area contributed by atoms with Crippen molar-refractivity contribution in [3.05, 3.63) is 0 Å². The van der Waals surface area contributed by atoms with Crippen LogP contribution in [0, 0.1) is 0 Å². The number of carboxylic acids is 1. The first-order chi connectivity index (χ1) is 9.00. The third-order valence-corrected chi connectivity index (χ3v) is 3.37. The number of hydrogen-bond donors (Lipinski definition) is 1. The minimum absolute atomic E-state index is 0.264. The minimum atomic E-state index is -7.18. The number of aliphatic carboxylic acids is 1. The lowest BCUT2D eigenvalue weighted by atomic mass is 10.1. The fourth-order valence-electron chi connectivity index (χ4n) is 0.915. The molecule has 0 aromatic rings. The Kier molecular flexibility index (Phi) is 5.34. The van der Waals surface area contributed by atoms with E-state index >= 15 is 0 Å². The summed E-state index contributed by atoms with van der Waals surface area (Å²) < 4.78 is 122. The van der Waals surface area contributed by atoms with Crippen LogP contribution in [0.25, 0.3) is 0 Å². The molecule has 0 rings (SSSR count). The number of carbonyl (C=O) groups is 1. The summed E-state index contributed by atoms with van der Waals surface area (Å²) >= 11 is 0. The van der Waals surface area contributed by atoms with E-state index in [0.717, 1.165) is 0 Å². The van der Waals surface area contributed by atoms with Crippen molar-refractivity contribution in [2.24, 2.45) is 0 Å². The van der Waals surface area contributed by atoms with Crippen molar-refractivity contribution >= 4 is 17.0 Å². The monoisotopic (exact) mass is 355 g/mol. The summed E-state index contributed by atoms with van der Waals surface area (Å²) in [5.74, 6) is -16.2. The average Bonchev–Trinajstić information content (AvgIpc) is 2.24. The smallest absolute Gasteiger partial charge is 0.460 e. The quantitative estimate of drug-likeness (QED) is 0.743. The van der Waals surface area contributed by atoms with Crippen molar-refractivity contribution in [1.29, 1.82) is 0 Å². The summed E-state index contributed by atoms with van der Waals surface area (Å²) in [4.78, 5) is 10.1. The van der Waals surface area contributed by atoms with Crippen LogP contribution in [0.3, 0.4) is 0 Å². The van der Waals surface area contributed by atoms with E-state index in [-0.39, 0.29) is 7.05 Å². The Morgan fingerprint density at radius 1 is 1.00 bits per heavy atom. The lowest BCUT2D eigenvalue weighted by Crippen LogP contribution is -2.63. The Bertz CT molecular complexity index is 436. The Morgan fingerprint density at radius 3 is 1.67 bits per heavy atom. The van der Waals surface area contributed by atoms with Crippen LogP contribution in [-0.4, -0.2) is 56.5 Å². The summed E-state index contributed by atoms with van der Waals surface area (Å²) in [5, 5.41) is 1.79. The molecule has 0 aliphatic carbocycles. The maximum Gasteiger partial charge on any atom is 0.460 e. The van der Waals surface area contributed by atoms with Gasteiger partial charge in [-0.3, -0.25) is 4.79 Å². The van der Waals surface area contributed by atoms with Crippen LogP contribution >= 0.6 is 0 Å². The molecule has 21 heavy (non-hydrogen) atoms. The SMILES string of the molecule is CN(CC(=O)O)S(=O)C(F)(F)C(F)(F)C(F)(F)C(F)(F)F. The Morgan fingerprint density at radius 2 is 1.38 bits per heavy atom. The summed E-state index contributed by atoms with van der Waals surface area (Å²) in [7, 11) is -4.19. The average molecular weight is 355 g/mol. The van der Waals surface area contributed by atoms with E-state index in [1.807, 2.05) is 0 Å². The highest BCUT2D eigenvalue weighted by Crippen LogP contribution is 2.54. The molecular formula is C7H6F9NO3S. The van der Waals surface area contributed by atoms with Gasteiger partial charge in [0.2, 0.25) is 0 Å². The molecule has 0 saturated carbocycles. The van der Waals surface area contributed by atoms with E-state index in [1.54, 1.807) is 0 Å². The Hall–Kier alpha value is -1.05. The van der Waals surface area contributed by atoms with Crippen LogP contribution < -0.4 is 0 Å². The van der Waals surface area contributed by atoms with E-state index in [2.05, 4.69) is 0 Å². The first-order valence-corrected chi connectivity index (χ1v) is 5.66. The highest BCUT2D eigenvalue weighted by molar-refractivity contribution is 7.83. The van der Waals surface area contributed by atoms with E-state index in [0.29, 0.717) is 0 Å². The molecule has 0 aliphatic rings. The first kappa shape index (κ1) is 19.9. The van der Waals surface area contributed by atoms with Gasteiger partial charge in [0, 0.05) is 7.05 Å². The molecule has 1 unspecified atom stereocenters. The second-order valence-corrected chi connectivity index (χ2v) is 5.23. The van der Waals surface area contributed by atoms with Crippen molar-refractivity contribution < 1.29 is 53.6 Å². The Balaban J connectivity index is 5.68. The lowest BCUT2D eigenvalue weighted by Gasteiger charge is -2.34. The van der Waals surface area contributed by atoms with Gasteiger partial charge in [-0.15, -0.1) is 0 Å². The van der Waals surface area contributed by atoms with Crippen LogP contribution in [0.4, 0.5) is 39.5 Å². The molecule has 0 radical (unpaired) electrons. The molecule has 0 amide bonds. The van der Waals surface area contributed by atoms with Gasteiger partial charge in [0.15, 0.2) is 11.0 Å². The molecule has 0 aromatic carbocycles. The number of halogens is 9. The van der Waals surface area contributed by atoms with E-state index in [4.69, 9.17) is 5.11 Å². The fraction of sp³-hybridized carbons (Fsp3) is 0.857. The molecule has 0 heterocycles. The maximum absolute atomic E-state index is 13.1. The molecule has 0 spiro atoms. The Labute approximate surface area is 113 Å². The zero-order valence-corrected chi connectivity index (χ0v) is 10.5. The molecule has 0 saturated heterocycles. The van der Waals surface area contributed by atoms with Gasteiger partial charge in [-0.25, -0.2) is 8.51 Å². The normalized spacial score (nSPS) is 16.1. The second-order valence-electron chi connectivity index (χ2n) is 3.59. The summed E-state index contributed by atoms with van der Waals surface area (Å²) in [6.45, 7) is -1.56. The number of nitrogens with zero attached hydrogens (tertiary/aromatic N) is 1. The zero-order chi connectivity index (χ0) is 17.4. The van der Waals surface area contributed by atoms with Gasteiger partial charge in [-0.2, -0.15) is 39.5 Å². The van der Waals surface area contributed by atoms with Gasteiger partial charge < -0.3 is 5.11 Å². The molecule has 0 bridgehead atoms. The van der Waals surface area contributed by atoms with Gasteiger partial charge in [0.05, 0.1) is 0 Å². The van der Waals surface area contributed by atoms with Crippen LogP contribution in [0.5, 0.6) is 0 Å². The van der Waals surface area contributed by atoms with Crippen LogP contribution in [-0.2, 0) is 15.8 Å². The van der Waals surface area contributed by atoms with E-state index < -0.39 is 51.1 Å². The van der Waals surface area contributed by atoms with Crippen molar-refractivity contribution in [2.45, 2.75) is 23.3 Å². The van der Waals surface area contributed by atoms with Gasteiger partial charge in [-0.1, -0.05) is 0 Å². The highest BCUT2D eigenvalue weighted by atomic mass is 32.2. The topological polar surface area (TPSA) is 57.6 Å². The largest absolute Gasteiger partial charge is 0.480 e. The number of hydrogen-bond acceptors (Lipinski definition) is 2. The molecule has 1 atom stereocenters. The molecule has 126 valence electrons. The number of alkyl halides is 9. The lowest BCUT2D eigenvalue weighted by molar-refractivity contribution is -0.382. The standard InChI is InChI=1S/C7H6F9NO3S/c1-17(2-3(18)19)21(20)7(15,16)5(10,11)4(8,9)6(12,13)14/h2H2,1H3,(H,18,19). The van der Waals surface area contributed by atoms with Gasteiger partial charge in [-0.05, 0) is 0 Å². The van der Waals surface area contributed by atoms with Gasteiger partial charge in [0.1, 0.15) is 6.54 Å². The summed E-state index contributed by atoms with van der Waals surface area (Å²) in [5.41, 5.74) is 0. The second kappa shape index (κ2) is 5.62. The van der Waals surface area contributed by atoms with Crippen molar-refractivity contribution in [3.8, 4) is 0 Å². The number of carboxylic acid groups (broad SMARTS) is 1. The zero-order valence-electron chi connectivity index (χ0n) is 9.73. The predicted molar refractivity (Wildman–Crippen MR) is 49.3 cm³/mol. The van der Waals surface area contributed by atoms with Crippen LogP contribution in [0.15, 0.2) is 0 Å². The highest BCUT2D eigenvalue weighted by Gasteiger charge is 2.83. The fourth-order valence-corrected chi connectivity index (χ4v) is 1.88. The van der Waals surface area contributed by atoms with Crippen LogP contribution in [0.2, 0.25) is 0 Å².